The van der Waals surface area contributed by atoms with Gasteiger partial charge in [-0.05, 0) is 101 Å². The summed E-state index contributed by atoms with van der Waals surface area (Å²) in [4.78, 5) is 13.4. The number of hydrogen-bond donors (Lipinski definition) is 5. The Morgan fingerprint density at radius 2 is 1.11 bits per heavy atom. The first-order valence-electron chi connectivity index (χ1n) is 19.6. The number of likely N-dealkylation sites (N-methyl/N-ethyl adjacent to an activating group) is 2. The minimum atomic E-state index is -4.92. The molecule has 0 radical (unpaired) electrons. The molecule has 64 heavy (non-hydrogen) atoms. The van der Waals surface area contributed by atoms with Crippen LogP contribution in [0.15, 0.2) is 122 Å². The maximum absolute atomic E-state index is 12.8. The molecule has 0 aromatic heterocycles. The van der Waals surface area contributed by atoms with Crippen LogP contribution < -0.4 is 9.80 Å². The van der Waals surface area contributed by atoms with E-state index in [0.29, 0.717) is 63.2 Å². The molecule has 5 aromatic carbocycles. The van der Waals surface area contributed by atoms with Gasteiger partial charge in [-0.2, -0.15) is 33.7 Å². The zero-order valence-electron chi connectivity index (χ0n) is 35.2. The minimum absolute atomic E-state index is 0.0387. The first kappa shape index (κ1) is 46.5. The quantitative estimate of drug-likeness (QED) is 0.0634. The second-order valence-corrected chi connectivity index (χ2v) is 22.2. The van der Waals surface area contributed by atoms with Gasteiger partial charge in [0, 0.05) is 51.8 Å². The van der Waals surface area contributed by atoms with Crippen molar-refractivity contribution in [3.8, 4) is 0 Å². The van der Waals surface area contributed by atoms with Gasteiger partial charge in [0.05, 0.1) is 21.4 Å². The van der Waals surface area contributed by atoms with Crippen LogP contribution >= 0.6 is 0 Å². The summed E-state index contributed by atoms with van der Waals surface area (Å²) in [6, 6.07) is 15.3. The largest absolute Gasteiger partial charge is 0.478 e. The molecule has 7 rings (SSSR count). The number of fused-ring (bicyclic) bond motifs is 6. The fourth-order valence-electron chi connectivity index (χ4n) is 9.29. The van der Waals surface area contributed by atoms with Crippen LogP contribution in [0.1, 0.15) is 68.6 Å². The smallest absolute Gasteiger partial charge is 0.335 e. The van der Waals surface area contributed by atoms with Gasteiger partial charge in [0.1, 0.15) is 9.79 Å². The molecule has 338 valence electrons. The highest BCUT2D eigenvalue weighted by molar-refractivity contribution is 7.87. The van der Waals surface area contributed by atoms with Crippen LogP contribution in [-0.4, -0.2) is 82.1 Å². The van der Waals surface area contributed by atoms with E-state index in [1.807, 2.05) is 69.6 Å². The standard InChI is InChI=1S/C44H44N2O14S4/c1-7-45-34-23-36(63(55,56)57)32-21-28(61(49,50)51)15-17-30(32)40(34)43(3,4)38(45)19-13-26(25-9-11-27(12-10-25)42(47)48)14-20-39-44(5,6)41-31-18-16-29(62(52,53)54)22-33(31)37(64(58,59)60)24-35(41)46(39)8-2/h9-24,38H,7-8H2,1-6H3,(H,47,48)(H,49,50,51)(H,52,53,54)(H,55,56,57)(H,58,59,60)/b19-13+,26-14-,39-20+. The molecule has 2 aliphatic heterocycles. The Labute approximate surface area is 370 Å². The van der Waals surface area contributed by atoms with E-state index in [1.54, 1.807) is 18.2 Å². The van der Waals surface area contributed by atoms with Crippen molar-refractivity contribution in [3.05, 3.63) is 125 Å². The van der Waals surface area contributed by atoms with E-state index in [2.05, 4.69) is 0 Å². The predicted molar refractivity (Wildman–Crippen MR) is 242 cm³/mol. The summed E-state index contributed by atoms with van der Waals surface area (Å²) in [5.74, 6) is -1.14. The summed E-state index contributed by atoms with van der Waals surface area (Å²) in [7, 11) is -19.3. The van der Waals surface area contributed by atoms with Crippen molar-refractivity contribution >= 4 is 84.9 Å². The van der Waals surface area contributed by atoms with Gasteiger partial charge in [0.2, 0.25) is 0 Å². The highest BCUT2D eigenvalue weighted by atomic mass is 32.2. The van der Waals surface area contributed by atoms with E-state index >= 15 is 0 Å². The molecule has 0 bridgehead atoms. The minimum Gasteiger partial charge on any atom is -0.478 e. The van der Waals surface area contributed by atoms with Crippen LogP contribution in [0.3, 0.4) is 0 Å². The Morgan fingerprint density at radius 1 is 0.625 bits per heavy atom. The normalized spacial score (nSPS) is 18.4. The summed E-state index contributed by atoms with van der Waals surface area (Å²) < 4.78 is 140. The second-order valence-electron chi connectivity index (χ2n) is 16.6. The highest BCUT2D eigenvalue weighted by Crippen LogP contribution is 2.53. The lowest BCUT2D eigenvalue weighted by molar-refractivity contribution is 0.0696. The third-order valence-corrected chi connectivity index (χ3v) is 15.6. The van der Waals surface area contributed by atoms with E-state index in [1.165, 1.54) is 36.4 Å². The van der Waals surface area contributed by atoms with E-state index in [9.17, 15) is 61.8 Å². The molecule has 20 heteroatoms. The lowest BCUT2D eigenvalue weighted by Crippen LogP contribution is -2.39. The molecule has 2 aliphatic rings. The first-order valence-corrected chi connectivity index (χ1v) is 25.4. The molecule has 2 heterocycles. The zero-order chi connectivity index (χ0) is 47.3. The van der Waals surface area contributed by atoms with Gasteiger partial charge in [0.15, 0.2) is 0 Å². The van der Waals surface area contributed by atoms with Gasteiger partial charge in [-0.25, -0.2) is 4.79 Å². The van der Waals surface area contributed by atoms with Gasteiger partial charge in [-0.15, -0.1) is 0 Å². The van der Waals surface area contributed by atoms with Crippen molar-refractivity contribution in [1.29, 1.82) is 0 Å². The molecule has 0 amide bonds. The average molecular weight is 953 g/mol. The van der Waals surface area contributed by atoms with E-state index < -0.39 is 82.9 Å². The summed E-state index contributed by atoms with van der Waals surface area (Å²) >= 11 is 0. The SMILES string of the molecule is CCN1/C(=C/C=C(/C=C/C2N(CC)c3cc(S(=O)(=O)O)c4cc(S(=O)(=O)O)ccc4c3C2(C)C)c2ccc(C(=O)O)cc2)C(C)(C)c2c1cc(S(=O)(=O)O)c1cc(S(=O)(=O)O)ccc21. The molecular formula is C44H44N2O14S4. The van der Waals surface area contributed by atoms with Crippen LogP contribution in [0.2, 0.25) is 0 Å². The number of hydrogen-bond acceptors (Lipinski definition) is 11. The number of nitrogens with zero attached hydrogens (tertiary/aromatic N) is 2. The maximum atomic E-state index is 12.8. The lowest BCUT2D eigenvalue weighted by Gasteiger charge is -2.32. The molecule has 1 unspecified atom stereocenters. The summed E-state index contributed by atoms with van der Waals surface area (Å²) in [5, 5.41) is 10.1. The number of anilines is 2. The van der Waals surface area contributed by atoms with Crippen LogP contribution in [0, 0.1) is 0 Å². The second kappa shape index (κ2) is 15.6. The molecule has 0 aliphatic carbocycles. The fraction of sp³-hybridized carbons (Fsp3) is 0.250. The monoisotopic (exact) mass is 952 g/mol. The van der Waals surface area contributed by atoms with Gasteiger partial charge in [0.25, 0.3) is 40.5 Å². The lowest BCUT2D eigenvalue weighted by atomic mass is 9.78. The van der Waals surface area contributed by atoms with Crippen molar-refractivity contribution in [1.82, 2.24) is 0 Å². The molecule has 0 saturated heterocycles. The van der Waals surface area contributed by atoms with Crippen LogP contribution in [0.5, 0.6) is 0 Å². The first-order chi connectivity index (χ1) is 29.5. The van der Waals surface area contributed by atoms with Gasteiger partial charge in [-0.1, -0.05) is 70.2 Å². The number of allylic oxidation sites excluding steroid dienone is 5. The molecule has 16 nitrogen and oxygen atoms in total. The number of carboxylic acids is 1. The fourth-order valence-corrected chi connectivity index (χ4v) is 11.7. The third-order valence-electron chi connectivity index (χ3n) is 12.1. The predicted octanol–water partition coefficient (Wildman–Crippen LogP) is 7.51. The molecular weight excluding hydrogens is 909 g/mol. The van der Waals surface area contributed by atoms with Crippen LogP contribution in [0.25, 0.3) is 27.1 Å². The van der Waals surface area contributed by atoms with E-state index in [0.717, 1.165) is 24.3 Å². The Hall–Kier alpha value is -5.45. The summed E-state index contributed by atoms with van der Waals surface area (Å²) in [6.07, 6.45) is 7.35. The number of carboxylic acid groups (broad SMARTS) is 1. The number of rotatable bonds is 11. The van der Waals surface area contributed by atoms with Crippen molar-refractivity contribution in [2.45, 2.75) is 78.0 Å². The molecule has 0 fully saturated rings. The molecule has 5 aromatic rings. The van der Waals surface area contributed by atoms with E-state index in [-0.39, 0.29) is 16.3 Å². The van der Waals surface area contributed by atoms with Gasteiger partial charge >= 0.3 is 5.97 Å². The van der Waals surface area contributed by atoms with Crippen LogP contribution in [0.4, 0.5) is 11.4 Å². The topological polar surface area (TPSA) is 261 Å². The Balaban J connectivity index is 1.42. The molecule has 5 N–H and O–H groups in total. The molecule has 0 saturated carbocycles. The average Bonchev–Trinajstić information content (AvgIpc) is 3.56. The Bertz CT molecular complexity index is 3390. The highest BCUT2D eigenvalue weighted by Gasteiger charge is 2.45. The number of carbonyl (C=O) groups is 1. The van der Waals surface area contributed by atoms with E-state index in [4.69, 9.17) is 0 Å². The van der Waals surface area contributed by atoms with Gasteiger partial charge < -0.3 is 14.9 Å². The Kier molecular flexibility index (Phi) is 11.4. The Morgan fingerprint density at radius 3 is 1.56 bits per heavy atom. The maximum Gasteiger partial charge on any atom is 0.335 e. The molecule has 0 spiro atoms. The summed E-state index contributed by atoms with van der Waals surface area (Å²) in [6.45, 7) is 12.0. The van der Waals surface area contributed by atoms with Crippen molar-refractivity contribution < 1.29 is 61.8 Å². The van der Waals surface area contributed by atoms with Gasteiger partial charge in [-0.3, -0.25) is 18.2 Å². The third kappa shape index (κ3) is 7.91. The van der Waals surface area contributed by atoms with Crippen molar-refractivity contribution in [2.24, 2.45) is 0 Å². The number of benzene rings is 5. The van der Waals surface area contributed by atoms with Crippen LogP contribution in [-0.2, 0) is 51.3 Å². The number of aromatic carboxylic acids is 1. The summed E-state index contributed by atoms with van der Waals surface area (Å²) in [5.41, 5.74) is 2.33. The molecule has 1 atom stereocenters. The van der Waals surface area contributed by atoms with Crippen molar-refractivity contribution in [2.75, 3.05) is 22.9 Å². The zero-order valence-corrected chi connectivity index (χ0v) is 38.4. The van der Waals surface area contributed by atoms with Crippen molar-refractivity contribution in [3.63, 3.8) is 0 Å².